The molecule has 9 nitrogen and oxygen atoms in total. The number of rotatable bonds is 6. The predicted octanol–water partition coefficient (Wildman–Crippen LogP) is 3.41. The number of H-pyrrole nitrogens is 1. The van der Waals surface area contributed by atoms with Gasteiger partial charge in [-0.05, 0) is 32.9 Å². The number of para-hydroxylation sites is 1. The van der Waals surface area contributed by atoms with Crippen LogP contribution in [0.5, 0.6) is 5.75 Å². The van der Waals surface area contributed by atoms with Crippen LogP contribution in [0, 0.1) is 0 Å². The van der Waals surface area contributed by atoms with Gasteiger partial charge in [-0.2, -0.15) is 0 Å². The van der Waals surface area contributed by atoms with E-state index in [0.717, 1.165) is 12.3 Å². The highest BCUT2D eigenvalue weighted by Gasteiger charge is 2.22. The van der Waals surface area contributed by atoms with Crippen LogP contribution in [0.1, 0.15) is 43.1 Å². The Kier molecular flexibility index (Phi) is 6.58. The molecule has 1 amide bonds. The zero-order valence-electron chi connectivity index (χ0n) is 18.1. The number of methoxy groups -OCH3 is 1. The standard InChI is InChI=1S/C23H23N3O6/c1-5-12(2)23(30)32-13(3)19-21-15(14-7-6-8-17(27)20(14)26-21)11-16(25-19)22(29)24-10-9-18(28)31-4/h5-11,13,26-27H,1-4H3,(H,24,29)/b10-9-,12-5-/t13-/m0/s1. The number of hydrogen-bond donors (Lipinski definition) is 3. The van der Waals surface area contributed by atoms with Gasteiger partial charge in [0, 0.05) is 28.6 Å². The number of nitrogens with one attached hydrogen (secondary N) is 2. The number of carbonyl (C=O) groups excluding carboxylic acids is 3. The molecule has 0 saturated heterocycles. The summed E-state index contributed by atoms with van der Waals surface area (Å²) in [6.07, 6.45) is 3.05. The molecule has 0 radical (unpaired) electrons. The fourth-order valence-electron chi connectivity index (χ4n) is 3.09. The second-order valence-electron chi connectivity index (χ2n) is 6.99. The van der Waals surface area contributed by atoms with Gasteiger partial charge in [0.15, 0.2) is 0 Å². The lowest BCUT2D eigenvalue weighted by Gasteiger charge is -2.15. The normalized spacial score (nSPS) is 12.8. The number of aromatic amines is 1. The van der Waals surface area contributed by atoms with Gasteiger partial charge in [0.05, 0.1) is 18.1 Å². The number of fused-ring (bicyclic) bond motifs is 3. The van der Waals surface area contributed by atoms with Crippen molar-refractivity contribution in [3.8, 4) is 5.75 Å². The Bertz CT molecular complexity index is 1270. The van der Waals surface area contributed by atoms with E-state index in [4.69, 9.17) is 4.74 Å². The molecule has 3 N–H and O–H groups in total. The fourth-order valence-corrected chi connectivity index (χ4v) is 3.09. The molecule has 3 rings (SSSR count). The topological polar surface area (TPSA) is 131 Å². The van der Waals surface area contributed by atoms with E-state index in [1.54, 1.807) is 45.0 Å². The maximum Gasteiger partial charge on any atom is 0.334 e. The smallest absolute Gasteiger partial charge is 0.334 e. The summed E-state index contributed by atoms with van der Waals surface area (Å²) < 4.78 is 10.0. The fraction of sp³-hybridized carbons (Fsp3) is 0.217. The number of pyridine rings is 1. The summed E-state index contributed by atoms with van der Waals surface area (Å²) in [6, 6.07) is 6.57. The number of esters is 2. The Morgan fingerprint density at radius 1 is 1.22 bits per heavy atom. The maximum atomic E-state index is 12.7. The largest absolute Gasteiger partial charge is 0.506 e. The molecule has 166 valence electrons. The van der Waals surface area contributed by atoms with Crippen LogP contribution in [0.25, 0.3) is 21.8 Å². The summed E-state index contributed by atoms with van der Waals surface area (Å²) in [5.41, 5.74) is 1.79. The van der Waals surface area contributed by atoms with Crippen molar-refractivity contribution in [3.05, 3.63) is 59.6 Å². The SMILES string of the molecule is C/C=C(/C)C(=O)O[C@@H](C)c1nc(C(=O)N/C=C\C(=O)OC)cc2c1[nH]c1c(O)cccc12. The molecule has 0 bridgehead atoms. The minimum absolute atomic E-state index is 0.0334. The number of aromatic hydroxyl groups is 1. The van der Waals surface area contributed by atoms with Crippen LogP contribution < -0.4 is 5.32 Å². The third-order valence-corrected chi connectivity index (χ3v) is 4.92. The van der Waals surface area contributed by atoms with Gasteiger partial charge in [-0.1, -0.05) is 18.2 Å². The van der Waals surface area contributed by atoms with E-state index in [0.29, 0.717) is 33.1 Å². The van der Waals surface area contributed by atoms with E-state index >= 15 is 0 Å². The second kappa shape index (κ2) is 9.34. The number of phenols is 1. The molecular weight excluding hydrogens is 414 g/mol. The van der Waals surface area contributed by atoms with Crippen molar-refractivity contribution < 1.29 is 29.0 Å². The minimum Gasteiger partial charge on any atom is -0.506 e. The van der Waals surface area contributed by atoms with Crippen molar-refractivity contribution >= 4 is 39.7 Å². The van der Waals surface area contributed by atoms with Crippen LogP contribution in [-0.2, 0) is 19.1 Å². The molecule has 0 saturated carbocycles. The molecule has 2 aromatic heterocycles. The highest BCUT2D eigenvalue weighted by atomic mass is 16.5. The Balaban J connectivity index is 2.11. The lowest BCUT2D eigenvalue weighted by atomic mass is 10.1. The van der Waals surface area contributed by atoms with Gasteiger partial charge >= 0.3 is 11.9 Å². The molecule has 0 spiro atoms. The van der Waals surface area contributed by atoms with Crippen molar-refractivity contribution in [2.75, 3.05) is 7.11 Å². The predicted molar refractivity (Wildman–Crippen MR) is 118 cm³/mol. The Morgan fingerprint density at radius 3 is 2.66 bits per heavy atom. The van der Waals surface area contributed by atoms with Gasteiger partial charge in [0.25, 0.3) is 5.91 Å². The van der Waals surface area contributed by atoms with Gasteiger partial charge in [0.1, 0.15) is 23.2 Å². The van der Waals surface area contributed by atoms with Crippen molar-refractivity contribution in [2.24, 2.45) is 0 Å². The third-order valence-electron chi connectivity index (χ3n) is 4.92. The van der Waals surface area contributed by atoms with Gasteiger partial charge in [0.2, 0.25) is 0 Å². The Labute approximate surface area is 183 Å². The number of allylic oxidation sites excluding steroid dienone is 1. The zero-order chi connectivity index (χ0) is 23.4. The third kappa shape index (κ3) is 4.46. The first kappa shape index (κ1) is 22.5. The first-order valence-corrected chi connectivity index (χ1v) is 9.80. The monoisotopic (exact) mass is 437 g/mol. The van der Waals surface area contributed by atoms with E-state index in [-0.39, 0.29) is 11.4 Å². The summed E-state index contributed by atoms with van der Waals surface area (Å²) in [7, 11) is 1.22. The van der Waals surface area contributed by atoms with E-state index < -0.39 is 23.9 Å². The van der Waals surface area contributed by atoms with Crippen LogP contribution in [-0.4, -0.2) is 40.0 Å². The molecular formula is C23H23N3O6. The van der Waals surface area contributed by atoms with Gasteiger partial charge in [-0.15, -0.1) is 0 Å². The lowest BCUT2D eigenvalue weighted by molar-refractivity contribution is -0.143. The first-order valence-electron chi connectivity index (χ1n) is 9.80. The molecule has 3 aromatic rings. The van der Waals surface area contributed by atoms with Crippen molar-refractivity contribution in [1.29, 1.82) is 0 Å². The number of hydrogen-bond acceptors (Lipinski definition) is 7. The van der Waals surface area contributed by atoms with Crippen LogP contribution >= 0.6 is 0 Å². The van der Waals surface area contributed by atoms with Crippen LogP contribution in [0.3, 0.4) is 0 Å². The first-order chi connectivity index (χ1) is 15.3. The quantitative estimate of drug-likeness (QED) is 0.398. The van der Waals surface area contributed by atoms with Crippen molar-refractivity contribution in [1.82, 2.24) is 15.3 Å². The minimum atomic E-state index is -0.798. The Morgan fingerprint density at radius 2 is 1.97 bits per heavy atom. The molecule has 0 aliphatic rings. The molecule has 9 heteroatoms. The highest BCUT2D eigenvalue weighted by Crippen LogP contribution is 2.35. The van der Waals surface area contributed by atoms with E-state index in [1.165, 1.54) is 13.2 Å². The van der Waals surface area contributed by atoms with E-state index in [9.17, 15) is 19.5 Å². The zero-order valence-corrected chi connectivity index (χ0v) is 18.1. The van der Waals surface area contributed by atoms with Gasteiger partial charge in [-0.3, -0.25) is 4.79 Å². The maximum absolute atomic E-state index is 12.7. The molecule has 0 aliphatic carbocycles. The summed E-state index contributed by atoms with van der Waals surface area (Å²) >= 11 is 0. The number of carbonyl (C=O) groups is 3. The molecule has 2 heterocycles. The second-order valence-corrected chi connectivity index (χ2v) is 6.99. The van der Waals surface area contributed by atoms with E-state index in [2.05, 4.69) is 20.0 Å². The van der Waals surface area contributed by atoms with Crippen molar-refractivity contribution in [3.63, 3.8) is 0 Å². The molecule has 0 unspecified atom stereocenters. The summed E-state index contributed by atoms with van der Waals surface area (Å²) in [5.74, 6) is -1.68. The summed E-state index contributed by atoms with van der Waals surface area (Å²) in [4.78, 5) is 43.7. The number of nitrogens with zero attached hydrogens (tertiary/aromatic N) is 1. The highest BCUT2D eigenvalue weighted by molar-refractivity contribution is 6.11. The molecule has 1 atom stereocenters. The number of phenolic OH excluding ortho intramolecular Hbond substituents is 1. The number of benzene rings is 1. The van der Waals surface area contributed by atoms with Gasteiger partial charge < -0.3 is 24.9 Å². The van der Waals surface area contributed by atoms with Gasteiger partial charge in [-0.25, -0.2) is 14.6 Å². The van der Waals surface area contributed by atoms with E-state index in [1.807, 2.05) is 0 Å². The number of amides is 1. The van der Waals surface area contributed by atoms with Crippen LogP contribution in [0.15, 0.2) is 48.2 Å². The summed E-state index contributed by atoms with van der Waals surface area (Å²) in [6.45, 7) is 5.01. The molecule has 0 aliphatic heterocycles. The number of ether oxygens (including phenoxy) is 2. The number of aromatic nitrogens is 2. The van der Waals surface area contributed by atoms with Crippen LogP contribution in [0.2, 0.25) is 0 Å². The van der Waals surface area contributed by atoms with Crippen molar-refractivity contribution in [2.45, 2.75) is 26.9 Å². The summed E-state index contributed by atoms with van der Waals surface area (Å²) in [5, 5.41) is 14.0. The molecule has 0 fully saturated rings. The molecule has 32 heavy (non-hydrogen) atoms. The van der Waals surface area contributed by atoms with Crippen LogP contribution in [0.4, 0.5) is 0 Å². The lowest BCUT2D eigenvalue weighted by Crippen LogP contribution is -2.20. The average Bonchev–Trinajstić information content (AvgIpc) is 3.17. The Hall–Kier alpha value is -4.14. The molecule has 1 aromatic carbocycles. The average molecular weight is 437 g/mol.